The highest BCUT2D eigenvalue weighted by Gasteiger charge is 2.22. The van der Waals surface area contributed by atoms with E-state index < -0.39 is 0 Å². The zero-order valence-electron chi connectivity index (χ0n) is 14.9. The Labute approximate surface area is 150 Å². The zero-order valence-corrected chi connectivity index (χ0v) is 14.9. The second-order valence-electron chi connectivity index (χ2n) is 6.41. The van der Waals surface area contributed by atoms with Gasteiger partial charge in [0.1, 0.15) is 5.76 Å². The van der Waals surface area contributed by atoms with Crippen molar-refractivity contribution in [2.24, 2.45) is 10.9 Å². The molecule has 1 unspecified atom stereocenters. The maximum Gasteiger partial charge on any atom is 0.191 e. The van der Waals surface area contributed by atoms with E-state index >= 15 is 0 Å². The fourth-order valence-electron chi connectivity index (χ4n) is 3.18. The van der Waals surface area contributed by atoms with Gasteiger partial charge < -0.3 is 20.0 Å². The van der Waals surface area contributed by atoms with Crippen LogP contribution in [0, 0.1) is 5.92 Å². The van der Waals surface area contributed by atoms with E-state index in [0.29, 0.717) is 5.92 Å². The van der Waals surface area contributed by atoms with Gasteiger partial charge in [-0.1, -0.05) is 18.2 Å². The molecule has 2 heterocycles. The van der Waals surface area contributed by atoms with Gasteiger partial charge in [-0.2, -0.15) is 0 Å². The maximum atomic E-state index is 5.36. The molecule has 134 valence electrons. The quantitative estimate of drug-likeness (QED) is 0.601. The van der Waals surface area contributed by atoms with Crippen LogP contribution in [-0.2, 0) is 6.42 Å². The number of aliphatic imine (C=N–C) groups is 1. The van der Waals surface area contributed by atoms with Gasteiger partial charge in [0.25, 0.3) is 0 Å². The van der Waals surface area contributed by atoms with Crippen molar-refractivity contribution >= 4 is 11.6 Å². The Morgan fingerprint density at radius 1 is 1.20 bits per heavy atom. The molecule has 3 rings (SSSR count). The lowest BCUT2D eigenvalue weighted by atomic mass is 10.1. The summed E-state index contributed by atoms with van der Waals surface area (Å²) in [5, 5.41) is 6.72. The van der Waals surface area contributed by atoms with Crippen LogP contribution >= 0.6 is 0 Å². The molecule has 5 heteroatoms. The Bertz CT molecular complexity index is 639. The number of nitrogens with one attached hydrogen (secondary N) is 2. The molecule has 0 radical (unpaired) electrons. The smallest absolute Gasteiger partial charge is 0.191 e. The molecule has 1 aliphatic rings. The third-order valence-electron chi connectivity index (χ3n) is 4.50. The van der Waals surface area contributed by atoms with Gasteiger partial charge in [-0.15, -0.1) is 0 Å². The molecular formula is C20H28N4O. The summed E-state index contributed by atoms with van der Waals surface area (Å²) in [6.45, 7) is 6.84. The summed E-state index contributed by atoms with van der Waals surface area (Å²) in [5.41, 5.74) is 1.32. The number of para-hydroxylation sites is 1. The third kappa shape index (κ3) is 5.28. The van der Waals surface area contributed by atoms with Crippen molar-refractivity contribution in [2.45, 2.75) is 19.8 Å². The Kier molecular flexibility index (Phi) is 6.37. The molecule has 25 heavy (non-hydrogen) atoms. The van der Waals surface area contributed by atoms with Crippen molar-refractivity contribution < 1.29 is 4.42 Å². The highest BCUT2D eigenvalue weighted by atomic mass is 16.3. The van der Waals surface area contributed by atoms with Crippen LogP contribution < -0.4 is 15.5 Å². The normalized spacial score (nSPS) is 17.7. The predicted molar refractivity (Wildman–Crippen MR) is 103 cm³/mol. The molecule has 1 aromatic heterocycles. The Morgan fingerprint density at radius 3 is 2.84 bits per heavy atom. The first-order valence-corrected chi connectivity index (χ1v) is 9.19. The number of guanidine groups is 1. The summed E-state index contributed by atoms with van der Waals surface area (Å²) in [5.74, 6) is 2.51. The molecule has 2 aromatic rings. The van der Waals surface area contributed by atoms with E-state index in [2.05, 4.69) is 52.8 Å². The number of rotatable bonds is 7. The molecule has 1 aromatic carbocycles. The summed E-state index contributed by atoms with van der Waals surface area (Å²) >= 11 is 0. The molecular weight excluding hydrogens is 312 g/mol. The molecule has 1 aliphatic heterocycles. The lowest BCUT2D eigenvalue weighted by Gasteiger charge is -2.18. The third-order valence-corrected chi connectivity index (χ3v) is 4.50. The van der Waals surface area contributed by atoms with E-state index in [-0.39, 0.29) is 0 Å². The number of hydrogen-bond donors (Lipinski definition) is 2. The fourth-order valence-corrected chi connectivity index (χ4v) is 3.18. The Balaban J connectivity index is 1.46. The van der Waals surface area contributed by atoms with Crippen molar-refractivity contribution in [1.29, 1.82) is 0 Å². The number of furan rings is 1. The van der Waals surface area contributed by atoms with E-state index in [9.17, 15) is 0 Å². The van der Waals surface area contributed by atoms with Crippen molar-refractivity contribution in [3.63, 3.8) is 0 Å². The van der Waals surface area contributed by atoms with Gasteiger partial charge in [-0.25, -0.2) is 0 Å². The monoisotopic (exact) mass is 340 g/mol. The summed E-state index contributed by atoms with van der Waals surface area (Å²) in [6.07, 6.45) is 3.78. The van der Waals surface area contributed by atoms with Crippen molar-refractivity contribution in [2.75, 3.05) is 37.6 Å². The topological polar surface area (TPSA) is 52.8 Å². The molecule has 2 N–H and O–H groups in total. The SMILES string of the molecule is CCNC(=NCC1CCN(c2ccccc2)C1)NCCc1ccco1. The first kappa shape index (κ1) is 17.4. The molecule has 0 aliphatic carbocycles. The zero-order chi connectivity index (χ0) is 17.3. The lowest BCUT2D eigenvalue weighted by Crippen LogP contribution is -2.38. The van der Waals surface area contributed by atoms with Crippen LogP contribution in [0.5, 0.6) is 0 Å². The van der Waals surface area contributed by atoms with Crippen LogP contribution in [0.15, 0.2) is 58.1 Å². The highest BCUT2D eigenvalue weighted by molar-refractivity contribution is 5.79. The van der Waals surface area contributed by atoms with Gasteiger partial charge in [0.2, 0.25) is 0 Å². The average molecular weight is 340 g/mol. The van der Waals surface area contributed by atoms with Crippen molar-refractivity contribution in [3.05, 3.63) is 54.5 Å². The molecule has 0 amide bonds. The standard InChI is InChI=1S/C20H28N4O/c1-2-21-20(22-12-10-19-9-6-14-25-19)23-15-17-11-13-24(16-17)18-7-4-3-5-8-18/h3-9,14,17H,2,10-13,15-16H2,1H3,(H2,21,22,23). The second kappa shape index (κ2) is 9.16. The highest BCUT2D eigenvalue weighted by Crippen LogP contribution is 2.23. The number of hydrogen-bond acceptors (Lipinski definition) is 3. The molecule has 1 atom stereocenters. The second-order valence-corrected chi connectivity index (χ2v) is 6.41. The van der Waals surface area contributed by atoms with Crippen molar-refractivity contribution in [1.82, 2.24) is 10.6 Å². The van der Waals surface area contributed by atoms with E-state index in [1.165, 1.54) is 12.1 Å². The van der Waals surface area contributed by atoms with E-state index in [4.69, 9.17) is 9.41 Å². The number of anilines is 1. The summed E-state index contributed by atoms with van der Waals surface area (Å²) in [6, 6.07) is 14.6. The molecule has 1 saturated heterocycles. The van der Waals surface area contributed by atoms with Crippen LogP contribution in [0.2, 0.25) is 0 Å². The maximum absolute atomic E-state index is 5.36. The first-order chi connectivity index (χ1) is 12.3. The molecule has 0 spiro atoms. The fraction of sp³-hybridized carbons (Fsp3) is 0.450. The lowest BCUT2D eigenvalue weighted by molar-refractivity contribution is 0.506. The first-order valence-electron chi connectivity index (χ1n) is 9.19. The van der Waals surface area contributed by atoms with Gasteiger partial charge in [-0.3, -0.25) is 4.99 Å². The predicted octanol–water partition coefficient (Wildman–Crippen LogP) is 2.90. The molecule has 0 bridgehead atoms. The van der Waals surface area contributed by atoms with Crippen LogP contribution in [-0.4, -0.2) is 38.7 Å². The minimum Gasteiger partial charge on any atom is -0.469 e. The van der Waals surface area contributed by atoms with Gasteiger partial charge in [0, 0.05) is 44.8 Å². The summed E-state index contributed by atoms with van der Waals surface area (Å²) in [4.78, 5) is 7.24. The van der Waals surface area contributed by atoms with E-state index in [1.54, 1.807) is 6.26 Å². The van der Waals surface area contributed by atoms with Gasteiger partial charge in [0.15, 0.2) is 5.96 Å². The minimum atomic E-state index is 0.612. The number of benzene rings is 1. The molecule has 0 saturated carbocycles. The van der Waals surface area contributed by atoms with Gasteiger partial charge >= 0.3 is 0 Å². The van der Waals surface area contributed by atoms with E-state index in [0.717, 1.165) is 50.9 Å². The van der Waals surface area contributed by atoms with Crippen LogP contribution in [0.3, 0.4) is 0 Å². The minimum absolute atomic E-state index is 0.612. The molecule has 5 nitrogen and oxygen atoms in total. The van der Waals surface area contributed by atoms with Gasteiger partial charge in [-0.05, 0) is 43.5 Å². The average Bonchev–Trinajstić information content (AvgIpc) is 3.32. The van der Waals surface area contributed by atoms with Crippen LogP contribution in [0.25, 0.3) is 0 Å². The summed E-state index contributed by atoms with van der Waals surface area (Å²) < 4.78 is 5.36. The van der Waals surface area contributed by atoms with Gasteiger partial charge in [0.05, 0.1) is 6.26 Å². The Morgan fingerprint density at radius 2 is 2.08 bits per heavy atom. The van der Waals surface area contributed by atoms with E-state index in [1.807, 2.05) is 12.1 Å². The Hall–Kier alpha value is -2.43. The van der Waals surface area contributed by atoms with Crippen LogP contribution in [0.4, 0.5) is 5.69 Å². The van der Waals surface area contributed by atoms with Crippen LogP contribution in [0.1, 0.15) is 19.1 Å². The molecule has 1 fully saturated rings. The summed E-state index contributed by atoms with van der Waals surface area (Å²) in [7, 11) is 0. The van der Waals surface area contributed by atoms with Crippen molar-refractivity contribution in [3.8, 4) is 0 Å². The number of nitrogens with zero attached hydrogens (tertiary/aromatic N) is 2. The largest absolute Gasteiger partial charge is 0.469 e.